The van der Waals surface area contributed by atoms with Crippen LogP contribution in [0.25, 0.3) is 32.7 Å². The van der Waals surface area contributed by atoms with Crippen molar-refractivity contribution >= 4 is 53.7 Å². The number of nitrogens with two attached hydrogens (primary N) is 1. The van der Waals surface area contributed by atoms with Gasteiger partial charge in [-0.1, -0.05) is 18.7 Å². The molecule has 2 heterocycles. The summed E-state index contributed by atoms with van der Waals surface area (Å²) < 4.78 is 14.6. The van der Waals surface area contributed by atoms with Gasteiger partial charge in [0.2, 0.25) is 0 Å². The molecule has 3 N–H and O–H groups in total. The smallest absolute Gasteiger partial charge is 0.123 e. The monoisotopic (exact) mass is 416 g/mol. The van der Waals surface area contributed by atoms with Crippen molar-refractivity contribution in [3.05, 3.63) is 77.9 Å². The molecule has 0 saturated heterocycles. The highest BCUT2D eigenvalue weighted by molar-refractivity contribution is 7.24. The Kier molecular flexibility index (Phi) is 5.33. The third-order valence-electron chi connectivity index (χ3n) is 4.62. The molecule has 4 aromatic rings. The van der Waals surface area contributed by atoms with Crippen molar-refractivity contribution in [2.24, 2.45) is 5.73 Å². The van der Waals surface area contributed by atoms with Crippen molar-refractivity contribution < 1.29 is 4.39 Å². The van der Waals surface area contributed by atoms with E-state index in [0.717, 1.165) is 36.6 Å². The maximum absolute atomic E-state index is 13.2. The number of benzene rings is 2. The summed E-state index contributed by atoms with van der Waals surface area (Å²) in [5, 5.41) is 8.81. The van der Waals surface area contributed by atoms with Crippen LogP contribution in [-0.2, 0) is 0 Å². The number of hydrogen-bond donors (Lipinski definition) is 2. The summed E-state index contributed by atoms with van der Waals surface area (Å²) in [6.07, 6.45) is 2.80. The Bertz CT molecular complexity index is 1230. The molecule has 0 fully saturated rings. The maximum Gasteiger partial charge on any atom is 0.123 e. The SMILES string of the molecule is C[Si]c1ccc(-c2ncnc3ccc(C(C=N)=C(N)c4ccc(F)cc4)cc23)s1. The van der Waals surface area contributed by atoms with Gasteiger partial charge in [-0.3, -0.25) is 0 Å². The molecule has 0 aliphatic rings. The fraction of sp³-hybridized carbons (Fsp3) is 0.0455. The number of thiophene rings is 1. The Hall–Kier alpha value is -3.16. The standard InChI is InChI=1S/C22H17FN4SSi/c1-29-20-9-8-19(28-20)22-16-10-14(4-7-18(16)26-12-27-22)17(11-24)21(25)13-2-5-15(23)6-3-13/h2-12,24H,25H2,1H3. The number of aromatic nitrogens is 2. The average Bonchev–Trinajstić information content (AvgIpc) is 3.23. The van der Waals surface area contributed by atoms with Crippen LogP contribution in [0.4, 0.5) is 4.39 Å². The van der Waals surface area contributed by atoms with Crippen LogP contribution in [0.15, 0.2) is 60.9 Å². The first kappa shape index (κ1) is 19.2. The minimum absolute atomic E-state index is 0.326. The van der Waals surface area contributed by atoms with Crippen LogP contribution in [0.5, 0.6) is 0 Å². The lowest BCUT2D eigenvalue weighted by atomic mass is 9.98. The van der Waals surface area contributed by atoms with E-state index >= 15 is 0 Å². The Morgan fingerprint density at radius 2 is 1.83 bits per heavy atom. The molecule has 4 rings (SSSR count). The fourth-order valence-electron chi connectivity index (χ4n) is 3.12. The van der Waals surface area contributed by atoms with Crippen LogP contribution in [0.2, 0.25) is 6.55 Å². The van der Waals surface area contributed by atoms with Gasteiger partial charge in [-0.2, -0.15) is 0 Å². The van der Waals surface area contributed by atoms with Crippen molar-refractivity contribution in [3.63, 3.8) is 0 Å². The topological polar surface area (TPSA) is 75.7 Å². The molecule has 0 bridgehead atoms. The summed E-state index contributed by atoms with van der Waals surface area (Å²) in [7, 11) is 0.740. The Morgan fingerprint density at radius 3 is 2.52 bits per heavy atom. The molecule has 0 aliphatic heterocycles. The van der Waals surface area contributed by atoms with Crippen LogP contribution < -0.4 is 10.2 Å². The third-order valence-corrected chi connectivity index (χ3v) is 7.11. The van der Waals surface area contributed by atoms with Crippen LogP contribution in [0.1, 0.15) is 11.1 Å². The molecule has 0 unspecified atom stereocenters. The summed E-state index contributed by atoms with van der Waals surface area (Å²) in [6.45, 7) is 2.16. The minimum atomic E-state index is -0.326. The lowest BCUT2D eigenvalue weighted by molar-refractivity contribution is 0.627. The van der Waals surface area contributed by atoms with Crippen molar-refractivity contribution in [1.82, 2.24) is 9.97 Å². The third kappa shape index (κ3) is 3.74. The predicted molar refractivity (Wildman–Crippen MR) is 120 cm³/mol. The highest BCUT2D eigenvalue weighted by atomic mass is 32.1. The van der Waals surface area contributed by atoms with Crippen molar-refractivity contribution in [2.75, 3.05) is 0 Å². The lowest BCUT2D eigenvalue weighted by Gasteiger charge is -2.11. The second kappa shape index (κ2) is 8.06. The molecule has 0 amide bonds. The number of hydrogen-bond acceptors (Lipinski definition) is 5. The van der Waals surface area contributed by atoms with Gasteiger partial charge in [0.1, 0.15) is 12.1 Å². The van der Waals surface area contributed by atoms with Gasteiger partial charge in [0.25, 0.3) is 0 Å². The van der Waals surface area contributed by atoms with E-state index in [9.17, 15) is 4.39 Å². The molecule has 0 spiro atoms. The molecular formula is C22H17FN4SSi. The van der Waals surface area contributed by atoms with E-state index in [0.29, 0.717) is 16.8 Å². The van der Waals surface area contributed by atoms with Gasteiger partial charge in [-0.05, 0) is 58.1 Å². The maximum atomic E-state index is 13.2. The molecule has 0 aliphatic carbocycles. The van der Waals surface area contributed by atoms with Crippen LogP contribution in [0, 0.1) is 11.2 Å². The van der Waals surface area contributed by atoms with Gasteiger partial charge in [0, 0.05) is 22.9 Å². The van der Waals surface area contributed by atoms with E-state index < -0.39 is 0 Å². The first-order valence-electron chi connectivity index (χ1n) is 8.90. The number of halogens is 1. The van der Waals surface area contributed by atoms with Crippen LogP contribution >= 0.6 is 11.3 Å². The largest absolute Gasteiger partial charge is 0.398 e. The van der Waals surface area contributed by atoms with Crippen LogP contribution in [0.3, 0.4) is 0 Å². The predicted octanol–water partition coefficient (Wildman–Crippen LogP) is 4.35. The second-order valence-electron chi connectivity index (χ2n) is 6.35. The molecule has 29 heavy (non-hydrogen) atoms. The Labute approximate surface area is 174 Å². The fourth-order valence-corrected chi connectivity index (χ4v) is 4.88. The van der Waals surface area contributed by atoms with Gasteiger partial charge in [0.15, 0.2) is 0 Å². The highest BCUT2D eigenvalue weighted by Crippen LogP contribution is 2.31. The summed E-state index contributed by atoms with van der Waals surface area (Å²) >= 11 is 1.73. The van der Waals surface area contributed by atoms with Gasteiger partial charge < -0.3 is 11.1 Å². The number of allylic oxidation sites excluding steroid dienone is 1. The van der Waals surface area contributed by atoms with Crippen molar-refractivity contribution in [1.29, 1.82) is 5.41 Å². The molecule has 4 nitrogen and oxygen atoms in total. The van der Waals surface area contributed by atoms with E-state index in [1.165, 1.54) is 22.8 Å². The minimum Gasteiger partial charge on any atom is -0.398 e. The second-order valence-corrected chi connectivity index (χ2v) is 8.83. The molecule has 2 radical (unpaired) electrons. The molecule has 0 atom stereocenters. The highest BCUT2D eigenvalue weighted by Gasteiger charge is 2.13. The Balaban J connectivity index is 1.87. The lowest BCUT2D eigenvalue weighted by Crippen LogP contribution is -2.03. The van der Waals surface area contributed by atoms with Crippen molar-refractivity contribution in [2.45, 2.75) is 6.55 Å². The van der Waals surface area contributed by atoms with E-state index in [2.05, 4.69) is 28.6 Å². The van der Waals surface area contributed by atoms with Gasteiger partial charge in [-0.25, -0.2) is 14.4 Å². The summed E-state index contributed by atoms with van der Waals surface area (Å²) in [6, 6.07) is 15.9. The van der Waals surface area contributed by atoms with Gasteiger partial charge in [0.05, 0.1) is 25.6 Å². The zero-order valence-corrected chi connectivity index (χ0v) is 17.4. The zero-order chi connectivity index (χ0) is 20.4. The summed E-state index contributed by atoms with van der Waals surface area (Å²) in [5.74, 6) is -0.326. The molecule has 2 aromatic carbocycles. The van der Waals surface area contributed by atoms with E-state index in [4.69, 9.17) is 11.1 Å². The normalized spacial score (nSPS) is 12.1. The van der Waals surface area contributed by atoms with E-state index in [1.54, 1.807) is 29.8 Å². The Morgan fingerprint density at radius 1 is 1.07 bits per heavy atom. The average molecular weight is 417 g/mol. The van der Waals surface area contributed by atoms with E-state index in [1.807, 2.05) is 18.2 Å². The molecule has 7 heteroatoms. The number of rotatable bonds is 5. The number of nitrogens with one attached hydrogen (secondary N) is 1. The first-order chi connectivity index (χ1) is 14.1. The zero-order valence-electron chi connectivity index (χ0n) is 15.6. The van der Waals surface area contributed by atoms with Gasteiger partial charge in [-0.15, -0.1) is 11.3 Å². The van der Waals surface area contributed by atoms with E-state index in [-0.39, 0.29) is 5.82 Å². The molecular weight excluding hydrogens is 399 g/mol. The molecule has 2 aromatic heterocycles. The van der Waals surface area contributed by atoms with Gasteiger partial charge >= 0.3 is 0 Å². The summed E-state index contributed by atoms with van der Waals surface area (Å²) in [5.41, 5.74) is 10.5. The molecule has 0 saturated carbocycles. The molecule has 142 valence electrons. The first-order valence-corrected chi connectivity index (χ1v) is 11.2. The number of fused-ring (bicyclic) bond motifs is 1. The number of nitrogens with zero attached hydrogens (tertiary/aromatic N) is 2. The summed E-state index contributed by atoms with van der Waals surface area (Å²) in [4.78, 5) is 9.99. The van der Waals surface area contributed by atoms with Crippen molar-refractivity contribution in [3.8, 4) is 10.6 Å². The van der Waals surface area contributed by atoms with Crippen LogP contribution in [-0.4, -0.2) is 25.7 Å². The quantitative estimate of drug-likeness (QED) is 0.288.